The molecule has 0 aromatic rings. The Bertz CT molecular complexity index is 113. The van der Waals surface area contributed by atoms with Crippen molar-refractivity contribution in [1.29, 1.82) is 0 Å². The minimum absolute atomic E-state index is 0.882. The maximum absolute atomic E-state index is 10.3. The van der Waals surface area contributed by atoms with Crippen molar-refractivity contribution in [1.82, 2.24) is 4.67 Å². The minimum atomic E-state index is -3.86. The van der Waals surface area contributed by atoms with Gasteiger partial charge < -0.3 is 4.89 Å². The van der Waals surface area contributed by atoms with Crippen molar-refractivity contribution < 1.29 is 19.4 Å². The number of hydrogen-bond acceptors (Lipinski definition) is 3. The first-order valence-corrected chi connectivity index (χ1v) is 3.37. The quantitative estimate of drug-likeness (QED) is 0.325. The van der Waals surface area contributed by atoms with Gasteiger partial charge in [-0.1, -0.05) is 0 Å². The lowest BCUT2D eigenvalue weighted by Gasteiger charge is -2.12. The maximum Gasteiger partial charge on any atom is 0.431 e. The fraction of sp³-hybridized carbons (Fsp3) is 1.00. The molecular formula is C2H8NO4P. The van der Waals surface area contributed by atoms with Crippen molar-refractivity contribution in [3.63, 3.8) is 0 Å². The van der Waals surface area contributed by atoms with Crippen LogP contribution in [0, 0.1) is 0 Å². The largest absolute Gasteiger partial charge is 0.431 e. The highest BCUT2D eigenvalue weighted by Crippen LogP contribution is 2.41. The van der Waals surface area contributed by atoms with Crippen molar-refractivity contribution in [3.8, 4) is 0 Å². The van der Waals surface area contributed by atoms with Crippen molar-refractivity contribution >= 4 is 7.75 Å². The molecule has 0 amide bonds. The molecule has 0 saturated carbocycles. The van der Waals surface area contributed by atoms with Crippen LogP contribution in [0.25, 0.3) is 0 Å². The van der Waals surface area contributed by atoms with Gasteiger partial charge in [0.2, 0.25) is 0 Å². The Hall–Kier alpha value is 0.0700. The normalized spacial score (nSPS) is 18.6. The minimum Gasteiger partial charge on any atom is -0.311 e. The molecule has 0 saturated heterocycles. The van der Waals surface area contributed by atoms with E-state index < -0.39 is 7.75 Å². The third kappa shape index (κ3) is 1.90. The van der Waals surface area contributed by atoms with E-state index in [4.69, 9.17) is 10.2 Å². The van der Waals surface area contributed by atoms with Crippen LogP contribution >= 0.6 is 7.75 Å². The molecule has 1 unspecified atom stereocenters. The molecule has 0 aliphatic heterocycles. The van der Waals surface area contributed by atoms with Gasteiger partial charge in [-0.2, -0.15) is 0 Å². The Morgan fingerprint density at radius 3 is 2.00 bits per heavy atom. The highest BCUT2D eigenvalue weighted by atomic mass is 31.2. The van der Waals surface area contributed by atoms with Gasteiger partial charge in [0.15, 0.2) is 0 Å². The summed E-state index contributed by atoms with van der Waals surface area (Å²) < 4.78 is 14.4. The van der Waals surface area contributed by atoms with Crippen LogP contribution in [0.5, 0.6) is 0 Å². The molecule has 6 heteroatoms. The van der Waals surface area contributed by atoms with Crippen LogP contribution in [0.3, 0.4) is 0 Å². The van der Waals surface area contributed by atoms with Gasteiger partial charge in [0.05, 0.1) is 0 Å². The number of rotatable bonds is 2. The van der Waals surface area contributed by atoms with E-state index in [-0.39, 0.29) is 0 Å². The molecule has 0 aromatic carbocycles. The van der Waals surface area contributed by atoms with E-state index in [1.54, 1.807) is 0 Å². The molecule has 0 aliphatic rings. The van der Waals surface area contributed by atoms with Crippen LogP contribution in [0.2, 0.25) is 0 Å². The molecule has 0 heterocycles. The van der Waals surface area contributed by atoms with Crippen LogP contribution in [-0.4, -0.2) is 28.9 Å². The fourth-order valence-corrected chi connectivity index (χ4v) is 0.219. The monoisotopic (exact) mass is 141 g/mol. The van der Waals surface area contributed by atoms with Gasteiger partial charge in [0.25, 0.3) is 0 Å². The molecule has 0 fully saturated rings. The zero-order chi connectivity index (χ0) is 6.78. The second-order valence-corrected chi connectivity index (χ2v) is 3.36. The van der Waals surface area contributed by atoms with E-state index in [0.29, 0.717) is 0 Å². The molecule has 0 radical (unpaired) electrons. The third-order valence-electron chi connectivity index (χ3n) is 0.612. The summed E-state index contributed by atoms with van der Waals surface area (Å²) >= 11 is 0. The molecule has 0 rings (SSSR count). The van der Waals surface area contributed by atoms with Gasteiger partial charge in [0, 0.05) is 0 Å². The van der Waals surface area contributed by atoms with E-state index in [9.17, 15) is 4.57 Å². The SMILES string of the molecule is CN(C)P(=O)(O)OO. The first-order valence-electron chi connectivity index (χ1n) is 1.84. The molecule has 8 heavy (non-hydrogen) atoms. The molecular weight excluding hydrogens is 133 g/mol. The fourth-order valence-electron chi connectivity index (χ4n) is 0.0730. The average molecular weight is 141 g/mol. The molecule has 5 nitrogen and oxygen atoms in total. The predicted molar refractivity (Wildman–Crippen MR) is 27.2 cm³/mol. The van der Waals surface area contributed by atoms with Gasteiger partial charge in [-0.3, -0.25) is 0 Å². The first-order chi connectivity index (χ1) is 3.50. The Morgan fingerprint density at radius 1 is 1.62 bits per heavy atom. The molecule has 0 bridgehead atoms. The van der Waals surface area contributed by atoms with E-state index in [0.717, 1.165) is 4.67 Å². The zero-order valence-electron chi connectivity index (χ0n) is 4.61. The molecule has 50 valence electrons. The van der Waals surface area contributed by atoms with Crippen LogP contribution in [0.4, 0.5) is 0 Å². The standard InChI is InChI=1S/C2H8NO4P/c1-3(2)8(5,6)7-4/h4H,1-2H3,(H,5,6). The van der Waals surface area contributed by atoms with Crippen LogP contribution in [0.1, 0.15) is 0 Å². The summed E-state index contributed by atoms with van der Waals surface area (Å²) in [5.74, 6) is 0. The third-order valence-corrected chi connectivity index (χ3v) is 1.84. The van der Waals surface area contributed by atoms with E-state index in [1.807, 2.05) is 0 Å². The second-order valence-electron chi connectivity index (χ2n) is 1.42. The lowest BCUT2D eigenvalue weighted by atomic mass is 11.3. The van der Waals surface area contributed by atoms with Gasteiger partial charge in [-0.25, -0.2) is 14.5 Å². The molecule has 1 atom stereocenters. The maximum atomic E-state index is 10.3. The first kappa shape index (κ1) is 8.07. The van der Waals surface area contributed by atoms with Crippen LogP contribution < -0.4 is 0 Å². The summed E-state index contributed by atoms with van der Waals surface area (Å²) in [6.07, 6.45) is 0. The van der Waals surface area contributed by atoms with Gasteiger partial charge >= 0.3 is 7.75 Å². The summed E-state index contributed by atoms with van der Waals surface area (Å²) in [4.78, 5) is 8.41. The Kier molecular flexibility index (Phi) is 2.59. The second kappa shape index (κ2) is 2.57. The molecule has 0 aromatic heterocycles. The van der Waals surface area contributed by atoms with Crippen molar-refractivity contribution in [2.45, 2.75) is 0 Å². The van der Waals surface area contributed by atoms with Crippen molar-refractivity contribution in [3.05, 3.63) is 0 Å². The molecule has 0 aliphatic carbocycles. The van der Waals surface area contributed by atoms with Crippen LogP contribution in [0.15, 0.2) is 0 Å². The van der Waals surface area contributed by atoms with Crippen LogP contribution in [-0.2, 0) is 9.24 Å². The summed E-state index contributed by atoms with van der Waals surface area (Å²) in [5, 5.41) is 7.71. The van der Waals surface area contributed by atoms with E-state index in [1.165, 1.54) is 14.1 Å². The van der Waals surface area contributed by atoms with Gasteiger partial charge in [-0.05, 0) is 14.1 Å². The summed E-state index contributed by atoms with van der Waals surface area (Å²) in [5.41, 5.74) is 0. The smallest absolute Gasteiger partial charge is 0.311 e. The highest BCUT2D eigenvalue weighted by Gasteiger charge is 2.21. The van der Waals surface area contributed by atoms with Crippen molar-refractivity contribution in [2.24, 2.45) is 0 Å². The Labute approximate surface area is 47.0 Å². The topological polar surface area (TPSA) is 70.0 Å². The summed E-state index contributed by atoms with van der Waals surface area (Å²) in [6.45, 7) is 0. The zero-order valence-corrected chi connectivity index (χ0v) is 5.50. The summed E-state index contributed by atoms with van der Waals surface area (Å²) in [7, 11) is -1.22. The average Bonchev–Trinajstić information content (AvgIpc) is 1.67. The molecule has 2 N–H and O–H groups in total. The number of nitrogens with zero attached hydrogens (tertiary/aromatic N) is 1. The highest BCUT2D eigenvalue weighted by molar-refractivity contribution is 7.49. The molecule has 0 spiro atoms. The van der Waals surface area contributed by atoms with Gasteiger partial charge in [-0.15, -0.1) is 4.67 Å². The number of hydrogen-bond donors (Lipinski definition) is 2. The summed E-state index contributed by atoms with van der Waals surface area (Å²) in [6, 6.07) is 0. The van der Waals surface area contributed by atoms with Crippen molar-refractivity contribution in [2.75, 3.05) is 14.1 Å². The predicted octanol–water partition coefficient (Wildman–Crippen LogP) is 0.138. The lowest BCUT2D eigenvalue weighted by molar-refractivity contribution is -0.152. The van der Waals surface area contributed by atoms with Gasteiger partial charge in [0.1, 0.15) is 0 Å². The Balaban J connectivity index is 3.93. The van der Waals surface area contributed by atoms with E-state index in [2.05, 4.69) is 4.67 Å². The Morgan fingerprint density at radius 2 is 2.00 bits per heavy atom. The lowest BCUT2D eigenvalue weighted by Crippen LogP contribution is -2.08. The van der Waals surface area contributed by atoms with E-state index >= 15 is 0 Å².